The molecule has 1 fully saturated rings. The summed E-state index contributed by atoms with van der Waals surface area (Å²) in [6, 6.07) is 14.3. The standard InChI is InChI=1S/C22H30N2O3/c1-17-12-18(2)14-20(13-17)27-16-19(25)15-23-8-10-24(11-9-23)21-6-4-5-7-22(21)26-3/h4-7,12-14,19,25H,8-11,15-16H2,1-3H3/p+1/t19-/m1/s1. The van der Waals surface area contributed by atoms with E-state index in [-0.39, 0.29) is 0 Å². The first-order valence-electron chi connectivity index (χ1n) is 9.66. The molecule has 1 saturated heterocycles. The molecule has 0 aliphatic carbocycles. The maximum Gasteiger partial charge on any atom is 0.142 e. The van der Waals surface area contributed by atoms with Gasteiger partial charge in [-0.25, -0.2) is 0 Å². The summed E-state index contributed by atoms with van der Waals surface area (Å²) in [7, 11) is 1.71. The monoisotopic (exact) mass is 371 g/mol. The quantitative estimate of drug-likeness (QED) is 0.774. The van der Waals surface area contributed by atoms with Crippen molar-refractivity contribution in [2.24, 2.45) is 0 Å². The molecule has 2 aromatic carbocycles. The topological polar surface area (TPSA) is 46.4 Å². The van der Waals surface area contributed by atoms with E-state index in [9.17, 15) is 5.11 Å². The molecule has 0 radical (unpaired) electrons. The van der Waals surface area contributed by atoms with Crippen LogP contribution in [0, 0.1) is 13.8 Å². The highest BCUT2D eigenvalue weighted by molar-refractivity contribution is 5.58. The van der Waals surface area contributed by atoms with Crippen LogP contribution in [0.2, 0.25) is 0 Å². The first kappa shape index (κ1) is 19.5. The Kier molecular flexibility index (Phi) is 6.58. The molecule has 1 atom stereocenters. The predicted molar refractivity (Wildman–Crippen MR) is 108 cm³/mol. The molecule has 3 rings (SSSR count). The molecular formula is C22H31N2O3+. The molecule has 2 N–H and O–H groups in total. The van der Waals surface area contributed by atoms with Crippen LogP contribution in [0.3, 0.4) is 0 Å². The molecule has 1 aliphatic rings. The fraction of sp³-hybridized carbons (Fsp3) is 0.455. The number of benzene rings is 2. The Morgan fingerprint density at radius 1 is 1.07 bits per heavy atom. The fourth-order valence-electron chi connectivity index (χ4n) is 3.76. The molecule has 1 aliphatic heterocycles. The molecule has 5 nitrogen and oxygen atoms in total. The molecule has 0 amide bonds. The number of para-hydroxylation sites is 2. The molecule has 5 heteroatoms. The fourth-order valence-corrected chi connectivity index (χ4v) is 3.76. The van der Waals surface area contributed by atoms with Gasteiger partial charge >= 0.3 is 0 Å². The summed E-state index contributed by atoms with van der Waals surface area (Å²) in [4.78, 5) is 3.78. The van der Waals surface area contributed by atoms with Gasteiger partial charge in [-0.1, -0.05) is 18.2 Å². The van der Waals surface area contributed by atoms with Gasteiger partial charge in [0.2, 0.25) is 0 Å². The lowest BCUT2D eigenvalue weighted by molar-refractivity contribution is -0.903. The molecular weight excluding hydrogens is 340 g/mol. The number of anilines is 1. The number of aliphatic hydroxyl groups is 1. The predicted octanol–water partition coefficient (Wildman–Crippen LogP) is 1.46. The highest BCUT2D eigenvalue weighted by Crippen LogP contribution is 2.27. The van der Waals surface area contributed by atoms with Crippen LogP contribution in [-0.2, 0) is 0 Å². The Labute approximate surface area is 162 Å². The Bertz CT molecular complexity index is 722. The Morgan fingerprint density at radius 3 is 2.41 bits per heavy atom. The second-order valence-electron chi connectivity index (χ2n) is 7.40. The van der Waals surface area contributed by atoms with E-state index in [2.05, 4.69) is 30.9 Å². The number of piperazine rings is 1. The third kappa shape index (κ3) is 5.37. The Morgan fingerprint density at radius 2 is 1.74 bits per heavy atom. The molecule has 0 aromatic heterocycles. The molecule has 2 aromatic rings. The summed E-state index contributed by atoms with van der Waals surface area (Å²) >= 11 is 0. The number of rotatable bonds is 7. The minimum atomic E-state index is -0.460. The average Bonchev–Trinajstić information content (AvgIpc) is 2.66. The first-order valence-corrected chi connectivity index (χ1v) is 9.66. The van der Waals surface area contributed by atoms with Crippen molar-refractivity contribution in [1.82, 2.24) is 0 Å². The van der Waals surface area contributed by atoms with Gasteiger partial charge in [0.1, 0.15) is 30.8 Å². The zero-order chi connectivity index (χ0) is 19.2. The van der Waals surface area contributed by atoms with Crippen LogP contribution >= 0.6 is 0 Å². The van der Waals surface area contributed by atoms with Gasteiger partial charge in [-0.2, -0.15) is 0 Å². The van der Waals surface area contributed by atoms with Crippen LogP contribution in [0.25, 0.3) is 0 Å². The normalized spacial score (nSPS) is 16.2. The molecule has 1 heterocycles. The lowest BCUT2D eigenvalue weighted by Crippen LogP contribution is -3.16. The van der Waals surface area contributed by atoms with E-state index in [1.54, 1.807) is 7.11 Å². The lowest BCUT2D eigenvalue weighted by atomic mass is 10.1. The van der Waals surface area contributed by atoms with Crippen LogP contribution in [-0.4, -0.2) is 57.7 Å². The van der Waals surface area contributed by atoms with E-state index >= 15 is 0 Å². The van der Waals surface area contributed by atoms with Crippen LogP contribution in [0.4, 0.5) is 5.69 Å². The Hall–Kier alpha value is -2.24. The van der Waals surface area contributed by atoms with E-state index in [1.807, 2.05) is 30.3 Å². The first-order chi connectivity index (χ1) is 13.0. The van der Waals surface area contributed by atoms with Gasteiger partial charge in [0.25, 0.3) is 0 Å². The minimum absolute atomic E-state index is 0.336. The van der Waals surface area contributed by atoms with Crippen molar-refractivity contribution in [3.05, 3.63) is 53.6 Å². The van der Waals surface area contributed by atoms with E-state index in [0.717, 1.165) is 43.4 Å². The van der Waals surface area contributed by atoms with Crippen molar-refractivity contribution in [3.8, 4) is 11.5 Å². The second kappa shape index (κ2) is 9.11. The molecule has 0 saturated carbocycles. The van der Waals surface area contributed by atoms with Gasteiger partial charge < -0.3 is 24.4 Å². The third-order valence-electron chi connectivity index (χ3n) is 5.06. The number of nitrogens with one attached hydrogen (secondary N) is 1. The second-order valence-corrected chi connectivity index (χ2v) is 7.40. The van der Waals surface area contributed by atoms with Gasteiger partial charge in [0.15, 0.2) is 0 Å². The maximum atomic E-state index is 10.4. The Balaban J connectivity index is 1.46. The summed E-state index contributed by atoms with van der Waals surface area (Å²) in [6.07, 6.45) is -0.460. The van der Waals surface area contributed by atoms with Crippen molar-refractivity contribution < 1.29 is 19.5 Å². The highest BCUT2D eigenvalue weighted by Gasteiger charge is 2.24. The minimum Gasteiger partial charge on any atom is -0.495 e. The number of aryl methyl sites for hydroxylation is 2. The highest BCUT2D eigenvalue weighted by atomic mass is 16.5. The molecule has 27 heavy (non-hydrogen) atoms. The molecule has 0 bridgehead atoms. The summed E-state index contributed by atoms with van der Waals surface area (Å²) < 4.78 is 11.3. The van der Waals surface area contributed by atoms with Crippen molar-refractivity contribution in [2.45, 2.75) is 20.0 Å². The van der Waals surface area contributed by atoms with E-state index in [4.69, 9.17) is 9.47 Å². The van der Waals surface area contributed by atoms with Crippen molar-refractivity contribution in [2.75, 3.05) is 51.3 Å². The SMILES string of the molecule is COc1ccccc1N1CC[NH+](C[C@@H](O)COc2cc(C)cc(C)c2)CC1. The summed E-state index contributed by atoms with van der Waals surface area (Å²) in [6.45, 7) is 9.08. The molecule has 146 valence electrons. The number of nitrogens with zero attached hydrogens (tertiary/aromatic N) is 1. The van der Waals surface area contributed by atoms with Gasteiger partial charge in [0.05, 0.1) is 39.0 Å². The number of hydrogen-bond donors (Lipinski definition) is 2. The number of hydrogen-bond acceptors (Lipinski definition) is 4. The summed E-state index contributed by atoms with van der Waals surface area (Å²) in [5, 5.41) is 10.4. The molecule has 0 unspecified atom stereocenters. The van der Waals surface area contributed by atoms with Crippen LogP contribution in [0.15, 0.2) is 42.5 Å². The van der Waals surface area contributed by atoms with Crippen LogP contribution < -0.4 is 19.3 Å². The number of ether oxygens (including phenoxy) is 2. The van der Waals surface area contributed by atoms with Gasteiger partial charge in [-0.15, -0.1) is 0 Å². The summed E-state index contributed by atoms with van der Waals surface area (Å²) in [5.74, 6) is 1.75. The van der Waals surface area contributed by atoms with E-state index in [0.29, 0.717) is 13.2 Å². The van der Waals surface area contributed by atoms with Crippen molar-refractivity contribution >= 4 is 5.69 Å². The third-order valence-corrected chi connectivity index (χ3v) is 5.06. The lowest BCUT2D eigenvalue weighted by Gasteiger charge is -2.35. The van der Waals surface area contributed by atoms with E-state index in [1.165, 1.54) is 16.0 Å². The number of aliphatic hydroxyl groups excluding tert-OH is 1. The van der Waals surface area contributed by atoms with Crippen molar-refractivity contribution in [3.63, 3.8) is 0 Å². The van der Waals surface area contributed by atoms with Gasteiger partial charge in [0, 0.05) is 0 Å². The smallest absolute Gasteiger partial charge is 0.142 e. The molecule has 0 spiro atoms. The average molecular weight is 372 g/mol. The summed E-state index contributed by atoms with van der Waals surface area (Å²) in [5.41, 5.74) is 3.51. The largest absolute Gasteiger partial charge is 0.495 e. The van der Waals surface area contributed by atoms with Crippen molar-refractivity contribution in [1.29, 1.82) is 0 Å². The maximum absolute atomic E-state index is 10.4. The van der Waals surface area contributed by atoms with Gasteiger partial charge in [-0.05, 0) is 49.2 Å². The van der Waals surface area contributed by atoms with Crippen LogP contribution in [0.1, 0.15) is 11.1 Å². The van der Waals surface area contributed by atoms with Gasteiger partial charge in [-0.3, -0.25) is 0 Å². The van der Waals surface area contributed by atoms with E-state index < -0.39 is 6.10 Å². The zero-order valence-corrected chi connectivity index (χ0v) is 16.6. The number of methoxy groups -OCH3 is 1. The number of quaternary nitrogens is 1. The zero-order valence-electron chi connectivity index (χ0n) is 16.6. The van der Waals surface area contributed by atoms with Crippen LogP contribution in [0.5, 0.6) is 11.5 Å².